The second-order valence-corrected chi connectivity index (χ2v) is 5.11. The number of nitrogens with two attached hydrogens (primary N) is 1. The number of hydrogen-bond acceptors (Lipinski definition) is 3. The van der Waals surface area contributed by atoms with Crippen LogP contribution in [0.5, 0.6) is 0 Å². The largest absolute Gasteiger partial charge is 0.381 e. The van der Waals surface area contributed by atoms with Crippen molar-refractivity contribution in [2.75, 3.05) is 33.4 Å². The lowest BCUT2D eigenvalue weighted by atomic mass is 9.92. The summed E-state index contributed by atoms with van der Waals surface area (Å²) < 4.78 is 5.54. The molecule has 2 atom stereocenters. The molecule has 0 aromatic carbocycles. The van der Waals surface area contributed by atoms with Crippen LogP contribution < -0.4 is 5.73 Å². The van der Waals surface area contributed by atoms with Crippen LogP contribution in [0.3, 0.4) is 0 Å². The maximum absolute atomic E-state index is 5.88. The first kappa shape index (κ1) is 12.9. The van der Waals surface area contributed by atoms with Crippen LogP contribution in [0.4, 0.5) is 0 Å². The molecule has 3 nitrogen and oxygen atoms in total. The molecule has 1 aliphatic heterocycles. The van der Waals surface area contributed by atoms with Crippen molar-refractivity contribution in [3.63, 3.8) is 0 Å². The van der Waals surface area contributed by atoms with Gasteiger partial charge in [0.1, 0.15) is 0 Å². The Morgan fingerprint density at radius 2 is 2.20 bits per heavy atom. The summed E-state index contributed by atoms with van der Waals surface area (Å²) >= 11 is 0. The second kappa shape index (κ2) is 6.46. The molecule has 2 N–H and O–H groups in total. The normalized spacial score (nSPS) is 24.8. The van der Waals surface area contributed by atoms with Gasteiger partial charge in [-0.25, -0.2) is 0 Å². The molecular weight excluding hydrogens is 188 g/mol. The summed E-state index contributed by atoms with van der Waals surface area (Å²) in [7, 11) is 2.19. The van der Waals surface area contributed by atoms with Gasteiger partial charge in [0, 0.05) is 25.7 Å². The highest BCUT2D eigenvalue weighted by Gasteiger charge is 2.26. The second-order valence-electron chi connectivity index (χ2n) is 5.11. The smallest absolute Gasteiger partial charge is 0.0509 e. The molecule has 1 aliphatic rings. The Labute approximate surface area is 94.0 Å². The maximum atomic E-state index is 5.88. The lowest BCUT2D eigenvalue weighted by Gasteiger charge is -2.36. The number of nitrogens with zero attached hydrogens (tertiary/aromatic N) is 1. The van der Waals surface area contributed by atoms with Crippen LogP contribution in [0.15, 0.2) is 0 Å². The van der Waals surface area contributed by atoms with Gasteiger partial charge in [0.05, 0.1) is 6.61 Å². The zero-order valence-electron chi connectivity index (χ0n) is 10.4. The Bertz CT molecular complexity index is 167. The van der Waals surface area contributed by atoms with E-state index in [0.29, 0.717) is 17.9 Å². The Morgan fingerprint density at radius 3 is 2.67 bits per heavy atom. The average Bonchev–Trinajstić information content (AvgIpc) is 2.19. The van der Waals surface area contributed by atoms with Crippen LogP contribution in [0.25, 0.3) is 0 Å². The Morgan fingerprint density at radius 1 is 1.47 bits per heavy atom. The summed E-state index contributed by atoms with van der Waals surface area (Å²) in [6, 6.07) is 0.493. The standard InChI is InChI=1S/C12H26N2O/c1-10(2)8-14(3)12(7-13)11-5-4-6-15-9-11/h10-12H,4-9,13H2,1-3H3. The van der Waals surface area contributed by atoms with Crippen molar-refractivity contribution in [2.24, 2.45) is 17.6 Å². The molecule has 1 fully saturated rings. The molecule has 0 aliphatic carbocycles. The van der Waals surface area contributed by atoms with E-state index in [4.69, 9.17) is 10.5 Å². The minimum absolute atomic E-state index is 0.493. The van der Waals surface area contributed by atoms with Crippen molar-refractivity contribution in [2.45, 2.75) is 32.7 Å². The van der Waals surface area contributed by atoms with Gasteiger partial charge in [-0.1, -0.05) is 13.8 Å². The summed E-state index contributed by atoms with van der Waals surface area (Å²) in [6.07, 6.45) is 2.46. The number of hydrogen-bond donors (Lipinski definition) is 1. The summed E-state index contributed by atoms with van der Waals surface area (Å²) in [5.74, 6) is 1.33. The predicted octanol–water partition coefficient (Wildman–Crippen LogP) is 1.33. The van der Waals surface area contributed by atoms with Crippen molar-refractivity contribution < 1.29 is 4.74 Å². The third-order valence-corrected chi connectivity index (χ3v) is 3.20. The van der Waals surface area contributed by atoms with Crippen molar-refractivity contribution in [1.29, 1.82) is 0 Å². The van der Waals surface area contributed by atoms with Crippen molar-refractivity contribution in [1.82, 2.24) is 4.90 Å². The molecular formula is C12H26N2O. The zero-order valence-corrected chi connectivity index (χ0v) is 10.4. The predicted molar refractivity (Wildman–Crippen MR) is 63.9 cm³/mol. The molecule has 0 bridgehead atoms. The summed E-state index contributed by atoms with van der Waals surface area (Å²) in [5.41, 5.74) is 5.88. The molecule has 0 aromatic heterocycles. The summed E-state index contributed by atoms with van der Waals surface area (Å²) in [4.78, 5) is 2.41. The maximum Gasteiger partial charge on any atom is 0.0509 e. The summed E-state index contributed by atoms with van der Waals surface area (Å²) in [6.45, 7) is 8.20. The first-order valence-electron chi connectivity index (χ1n) is 6.13. The van der Waals surface area contributed by atoms with Gasteiger partial charge >= 0.3 is 0 Å². The van der Waals surface area contributed by atoms with Gasteiger partial charge in [-0.15, -0.1) is 0 Å². The van der Waals surface area contributed by atoms with E-state index in [0.717, 1.165) is 26.3 Å². The van der Waals surface area contributed by atoms with E-state index in [1.807, 2.05) is 0 Å². The van der Waals surface area contributed by atoms with E-state index in [9.17, 15) is 0 Å². The Kier molecular flexibility index (Phi) is 5.58. The van der Waals surface area contributed by atoms with E-state index in [1.165, 1.54) is 12.8 Å². The molecule has 0 amide bonds. The van der Waals surface area contributed by atoms with Gasteiger partial charge in [-0.05, 0) is 31.7 Å². The third-order valence-electron chi connectivity index (χ3n) is 3.20. The quantitative estimate of drug-likeness (QED) is 0.750. The van der Waals surface area contributed by atoms with E-state index in [1.54, 1.807) is 0 Å². The molecule has 15 heavy (non-hydrogen) atoms. The fourth-order valence-electron chi connectivity index (χ4n) is 2.51. The van der Waals surface area contributed by atoms with Crippen LogP contribution in [-0.2, 0) is 4.74 Å². The van der Waals surface area contributed by atoms with E-state index < -0.39 is 0 Å². The van der Waals surface area contributed by atoms with Gasteiger partial charge in [-0.2, -0.15) is 0 Å². The minimum Gasteiger partial charge on any atom is -0.381 e. The molecule has 90 valence electrons. The molecule has 1 rings (SSSR count). The highest BCUT2D eigenvalue weighted by atomic mass is 16.5. The first-order valence-corrected chi connectivity index (χ1v) is 6.13. The lowest BCUT2D eigenvalue weighted by Crippen LogP contribution is -2.47. The van der Waals surface area contributed by atoms with Crippen LogP contribution in [-0.4, -0.2) is 44.3 Å². The van der Waals surface area contributed by atoms with Crippen LogP contribution in [0.1, 0.15) is 26.7 Å². The third kappa shape index (κ3) is 4.09. The molecule has 1 saturated heterocycles. The number of rotatable bonds is 5. The average molecular weight is 214 g/mol. The highest BCUT2D eigenvalue weighted by Crippen LogP contribution is 2.20. The van der Waals surface area contributed by atoms with E-state index in [2.05, 4.69) is 25.8 Å². The minimum atomic E-state index is 0.493. The van der Waals surface area contributed by atoms with Gasteiger partial charge in [-0.3, -0.25) is 0 Å². The first-order chi connectivity index (χ1) is 7.15. The highest BCUT2D eigenvalue weighted by molar-refractivity contribution is 4.80. The van der Waals surface area contributed by atoms with E-state index >= 15 is 0 Å². The summed E-state index contributed by atoms with van der Waals surface area (Å²) in [5, 5.41) is 0. The van der Waals surface area contributed by atoms with Gasteiger partial charge in [0.2, 0.25) is 0 Å². The van der Waals surface area contributed by atoms with Gasteiger partial charge in [0.25, 0.3) is 0 Å². The zero-order chi connectivity index (χ0) is 11.3. The topological polar surface area (TPSA) is 38.5 Å². The van der Waals surface area contributed by atoms with Crippen LogP contribution in [0.2, 0.25) is 0 Å². The monoisotopic (exact) mass is 214 g/mol. The van der Waals surface area contributed by atoms with Crippen LogP contribution in [0, 0.1) is 11.8 Å². The number of ether oxygens (including phenoxy) is 1. The van der Waals surface area contributed by atoms with E-state index in [-0.39, 0.29) is 0 Å². The molecule has 0 radical (unpaired) electrons. The van der Waals surface area contributed by atoms with Gasteiger partial charge < -0.3 is 15.4 Å². The molecule has 0 spiro atoms. The van der Waals surface area contributed by atoms with Gasteiger partial charge in [0.15, 0.2) is 0 Å². The number of likely N-dealkylation sites (N-methyl/N-ethyl adjacent to an activating group) is 1. The molecule has 0 saturated carbocycles. The molecule has 2 unspecified atom stereocenters. The van der Waals surface area contributed by atoms with Crippen molar-refractivity contribution in [3.8, 4) is 0 Å². The lowest BCUT2D eigenvalue weighted by molar-refractivity contribution is 0.0151. The van der Waals surface area contributed by atoms with Crippen LogP contribution >= 0.6 is 0 Å². The van der Waals surface area contributed by atoms with Crippen molar-refractivity contribution in [3.05, 3.63) is 0 Å². The fraction of sp³-hybridized carbons (Fsp3) is 1.00. The molecule has 3 heteroatoms. The molecule has 0 aromatic rings. The fourth-order valence-corrected chi connectivity index (χ4v) is 2.51. The molecule has 1 heterocycles. The van der Waals surface area contributed by atoms with Crippen molar-refractivity contribution >= 4 is 0 Å². The SMILES string of the molecule is CC(C)CN(C)C(CN)C1CCCOC1. The Balaban J connectivity index is 2.45. The Hall–Kier alpha value is -0.120.